The summed E-state index contributed by atoms with van der Waals surface area (Å²) in [6, 6.07) is 2.14. The minimum absolute atomic E-state index is 0.0399. The van der Waals surface area contributed by atoms with Gasteiger partial charge in [-0.1, -0.05) is 6.92 Å². The zero-order valence-electron chi connectivity index (χ0n) is 10.1. The van der Waals surface area contributed by atoms with E-state index in [0.717, 1.165) is 32.7 Å². The van der Waals surface area contributed by atoms with Crippen LogP contribution in [-0.4, -0.2) is 53.5 Å². The first-order chi connectivity index (χ1) is 8.17. The third-order valence-corrected chi connectivity index (χ3v) is 3.13. The molecule has 0 aromatic heterocycles. The molecule has 1 amide bonds. The van der Waals surface area contributed by atoms with E-state index in [2.05, 4.69) is 16.3 Å². The van der Waals surface area contributed by atoms with Gasteiger partial charge in [-0.2, -0.15) is 5.26 Å². The largest absolute Gasteiger partial charge is 0.346 e. The lowest BCUT2D eigenvalue weighted by Gasteiger charge is -2.35. The van der Waals surface area contributed by atoms with Crippen LogP contribution in [0, 0.1) is 11.3 Å². The molecule has 0 radical (unpaired) electrons. The Morgan fingerprint density at radius 1 is 1.41 bits per heavy atom. The number of hydrogen-bond donors (Lipinski definition) is 1. The number of carbonyl (C=O) groups is 1. The highest BCUT2D eigenvalue weighted by Gasteiger charge is 2.19. The summed E-state index contributed by atoms with van der Waals surface area (Å²) in [5.41, 5.74) is 0. The Bertz CT molecular complexity index is 318. The quantitative estimate of drug-likeness (QED) is 0.735. The van der Waals surface area contributed by atoms with Crippen molar-refractivity contribution in [2.45, 2.75) is 19.8 Å². The number of amides is 1. The third-order valence-electron chi connectivity index (χ3n) is 2.77. The number of rotatable bonds is 3. The van der Waals surface area contributed by atoms with E-state index in [4.69, 9.17) is 17.5 Å². The van der Waals surface area contributed by atoms with E-state index in [1.54, 1.807) is 6.92 Å². The minimum Gasteiger partial charge on any atom is -0.346 e. The van der Waals surface area contributed by atoms with Crippen LogP contribution in [0.4, 0.5) is 0 Å². The lowest BCUT2D eigenvalue weighted by molar-refractivity contribution is -0.119. The van der Waals surface area contributed by atoms with Gasteiger partial charge in [0.2, 0.25) is 5.91 Å². The number of piperazine rings is 1. The van der Waals surface area contributed by atoms with Crippen molar-refractivity contribution in [1.29, 1.82) is 5.26 Å². The molecule has 17 heavy (non-hydrogen) atoms. The first-order valence-corrected chi connectivity index (χ1v) is 6.26. The lowest BCUT2D eigenvalue weighted by Crippen LogP contribution is -2.52. The average Bonchev–Trinajstić information content (AvgIpc) is 2.36. The van der Waals surface area contributed by atoms with Crippen LogP contribution in [0.3, 0.4) is 0 Å². The number of nitrogens with zero attached hydrogens (tertiary/aromatic N) is 3. The summed E-state index contributed by atoms with van der Waals surface area (Å²) in [5.74, 6) is -0.0399. The predicted octanol–water partition coefficient (Wildman–Crippen LogP) is 0.329. The standard InChI is InChI=1S/C11H18N4OS/c1-2-10(16)13-11(17)15-8-6-14(7-9-15)5-3-4-12/h2-3,5-9H2,1H3,(H,13,16,17). The van der Waals surface area contributed by atoms with Crippen LogP contribution in [0.1, 0.15) is 19.8 Å². The highest BCUT2D eigenvalue weighted by Crippen LogP contribution is 2.02. The molecule has 0 atom stereocenters. The maximum Gasteiger partial charge on any atom is 0.225 e. The van der Waals surface area contributed by atoms with E-state index < -0.39 is 0 Å². The van der Waals surface area contributed by atoms with Crippen molar-refractivity contribution in [1.82, 2.24) is 15.1 Å². The molecule has 0 saturated carbocycles. The summed E-state index contributed by atoms with van der Waals surface area (Å²) in [7, 11) is 0. The summed E-state index contributed by atoms with van der Waals surface area (Å²) < 4.78 is 0. The molecular weight excluding hydrogens is 236 g/mol. The number of nitrogens with one attached hydrogen (secondary N) is 1. The van der Waals surface area contributed by atoms with Crippen molar-refractivity contribution in [2.75, 3.05) is 32.7 Å². The molecule has 0 aromatic rings. The van der Waals surface area contributed by atoms with E-state index in [9.17, 15) is 4.79 Å². The molecule has 1 aliphatic heterocycles. The van der Waals surface area contributed by atoms with Gasteiger partial charge in [0, 0.05) is 45.6 Å². The zero-order chi connectivity index (χ0) is 12.7. The summed E-state index contributed by atoms with van der Waals surface area (Å²) in [5, 5.41) is 11.7. The van der Waals surface area contributed by atoms with Crippen LogP contribution in [0.5, 0.6) is 0 Å². The maximum atomic E-state index is 11.2. The Morgan fingerprint density at radius 2 is 2.06 bits per heavy atom. The van der Waals surface area contributed by atoms with Gasteiger partial charge in [-0.15, -0.1) is 0 Å². The van der Waals surface area contributed by atoms with E-state index in [1.165, 1.54) is 0 Å². The van der Waals surface area contributed by atoms with Crippen molar-refractivity contribution in [3.05, 3.63) is 0 Å². The predicted molar refractivity (Wildman–Crippen MR) is 69.3 cm³/mol. The Hall–Kier alpha value is -1.19. The zero-order valence-corrected chi connectivity index (χ0v) is 10.9. The average molecular weight is 254 g/mol. The molecule has 0 aromatic carbocycles. The van der Waals surface area contributed by atoms with Crippen molar-refractivity contribution in [3.63, 3.8) is 0 Å². The van der Waals surface area contributed by atoms with E-state index >= 15 is 0 Å². The topological polar surface area (TPSA) is 59.4 Å². The maximum absolute atomic E-state index is 11.2. The molecule has 1 fully saturated rings. The van der Waals surface area contributed by atoms with Crippen LogP contribution in [0.15, 0.2) is 0 Å². The van der Waals surface area contributed by atoms with Crippen LogP contribution in [-0.2, 0) is 4.79 Å². The summed E-state index contributed by atoms with van der Waals surface area (Å²) in [6.07, 6.45) is 1.01. The van der Waals surface area contributed by atoms with E-state index in [1.807, 2.05) is 4.90 Å². The van der Waals surface area contributed by atoms with Gasteiger partial charge in [0.05, 0.1) is 6.07 Å². The van der Waals surface area contributed by atoms with Gasteiger partial charge in [0.1, 0.15) is 0 Å². The minimum atomic E-state index is -0.0399. The van der Waals surface area contributed by atoms with Crippen molar-refractivity contribution < 1.29 is 4.79 Å². The molecule has 94 valence electrons. The Morgan fingerprint density at radius 3 is 2.59 bits per heavy atom. The molecule has 1 aliphatic rings. The molecule has 1 N–H and O–H groups in total. The van der Waals surface area contributed by atoms with Gasteiger partial charge < -0.3 is 10.2 Å². The van der Waals surface area contributed by atoms with Crippen molar-refractivity contribution in [2.24, 2.45) is 0 Å². The third kappa shape index (κ3) is 4.67. The Kier molecular flexibility index (Phi) is 5.87. The van der Waals surface area contributed by atoms with Gasteiger partial charge in [-0.05, 0) is 12.2 Å². The molecule has 0 aliphatic carbocycles. The fourth-order valence-corrected chi connectivity index (χ4v) is 1.97. The second-order valence-corrected chi connectivity index (χ2v) is 4.33. The fourth-order valence-electron chi connectivity index (χ4n) is 1.67. The summed E-state index contributed by atoms with van der Waals surface area (Å²) >= 11 is 5.17. The van der Waals surface area contributed by atoms with Crippen LogP contribution >= 0.6 is 12.2 Å². The highest BCUT2D eigenvalue weighted by atomic mass is 32.1. The first kappa shape index (κ1) is 13.9. The molecule has 0 bridgehead atoms. The molecule has 6 heteroatoms. The van der Waals surface area contributed by atoms with Crippen molar-refractivity contribution in [3.8, 4) is 6.07 Å². The molecule has 0 spiro atoms. The summed E-state index contributed by atoms with van der Waals surface area (Å²) in [6.45, 7) is 6.03. The first-order valence-electron chi connectivity index (χ1n) is 5.85. The SMILES string of the molecule is CCC(=O)NC(=S)N1CCN(CCC#N)CC1. The van der Waals surface area contributed by atoms with Gasteiger partial charge in [0.15, 0.2) is 5.11 Å². The molecule has 1 heterocycles. The number of nitriles is 1. The Labute approximate surface area is 107 Å². The number of carbonyl (C=O) groups excluding carboxylic acids is 1. The van der Waals surface area contributed by atoms with Crippen LogP contribution in [0.25, 0.3) is 0 Å². The fraction of sp³-hybridized carbons (Fsp3) is 0.727. The highest BCUT2D eigenvalue weighted by molar-refractivity contribution is 7.80. The molecule has 0 unspecified atom stereocenters. The smallest absolute Gasteiger partial charge is 0.225 e. The van der Waals surface area contributed by atoms with Gasteiger partial charge >= 0.3 is 0 Å². The summed E-state index contributed by atoms with van der Waals surface area (Å²) in [4.78, 5) is 15.4. The number of thiocarbonyl (C=S) groups is 1. The Balaban J connectivity index is 2.29. The van der Waals surface area contributed by atoms with Crippen LogP contribution in [0.2, 0.25) is 0 Å². The second kappa shape index (κ2) is 7.20. The monoisotopic (exact) mass is 254 g/mol. The van der Waals surface area contributed by atoms with E-state index in [-0.39, 0.29) is 5.91 Å². The number of hydrogen-bond acceptors (Lipinski definition) is 4. The van der Waals surface area contributed by atoms with Gasteiger partial charge in [0.25, 0.3) is 0 Å². The van der Waals surface area contributed by atoms with Crippen molar-refractivity contribution >= 4 is 23.2 Å². The molecule has 5 nitrogen and oxygen atoms in total. The normalized spacial score (nSPS) is 16.4. The molecular formula is C11H18N4OS. The van der Waals surface area contributed by atoms with Crippen LogP contribution < -0.4 is 5.32 Å². The molecule has 1 saturated heterocycles. The lowest BCUT2D eigenvalue weighted by atomic mass is 10.3. The van der Waals surface area contributed by atoms with Gasteiger partial charge in [-0.25, -0.2) is 0 Å². The second-order valence-electron chi connectivity index (χ2n) is 3.94. The van der Waals surface area contributed by atoms with Gasteiger partial charge in [-0.3, -0.25) is 9.69 Å². The van der Waals surface area contributed by atoms with E-state index in [0.29, 0.717) is 18.0 Å². The molecule has 1 rings (SSSR count).